The van der Waals surface area contributed by atoms with E-state index in [0.717, 1.165) is 6.42 Å². The van der Waals surface area contributed by atoms with Gasteiger partial charge in [-0.3, -0.25) is 14.4 Å². The van der Waals surface area contributed by atoms with Crippen LogP contribution in [0.4, 0.5) is 0 Å². The lowest BCUT2D eigenvalue weighted by atomic mass is 9.93. The summed E-state index contributed by atoms with van der Waals surface area (Å²) in [4.78, 5) is 32.7. The van der Waals surface area contributed by atoms with E-state index in [1.807, 2.05) is 20.9 Å². The molecule has 1 unspecified atom stereocenters. The first-order chi connectivity index (χ1) is 8.33. The molecule has 0 amide bonds. The molecule has 18 heavy (non-hydrogen) atoms. The molecule has 0 radical (unpaired) electrons. The van der Waals surface area contributed by atoms with E-state index in [4.69, 9.17) is 5.11 Å². The van der Waals surface area contributed by atoms with Gasteiger partial charge in [0.15, 0.2) is 0 Å². The number of carboxylic acid groups (broad SMARTS) is 1. The SMILES string of the molecule is CCC(C)(CCC(=O)OC(=O)CCC(=O)O)NC. The van der Waals surface area contributed by atoms with Crippen molar-refractivity contribution in [3.63, 3.8) is 0 Å². The lowest BCUT2D eigenvalue weighted by Gasteiger charge is -2.27. The van der Waals surface area contributed by atoms with Gasteiger partial charge < -0.3 is 15.2 Å². The third-order valence-electron chi connectivity index (χ3n) is 3.04. The maximum absolute atomic E-state index is 11.4. The molecule has 6 heteroatoms. The van der Waals surface area contributed by atoms with Crippen molar-refractivity contribution in [2.45, 2.75) is 51.5 Å². The van der Waals surface area contributed by atoms with Gasteiger partial charge in [-0.2, -0.15) is 0 Å². The molecule has 6 nitrogen and oxygen atoms in total. The highest BCUT2D eigenvalue weighted by Gasteiger charge is 2.22. The van der Waals surface area contributed by atoms with E-state index in [1.165, 1.54) is 0 Å². The third-order valence-corrected chi connectivity index (χ3v) is 3.04. The molecule has 0 fully saturated rings. The molecule has 0 spiro atoms. The maximum Gasteiger partial charge on any atom is 0.314 e. The van der Waals surface area contributed by atoms with E-state index in [0.29, 0.717) is 6.42 Å². The van der Waals surface area contributed by atoms with E-state index in [2.05, 4.69) is 10.1 Å². The Morgan fingerprint density at radius 3 is 2.17 bits per heavy atom. The van der Waals surface area contributed by atoms with Crippen molar-refractivity contribution in [3.8, 4) is 0 Å². The highest BCUT2D eigenvalue weighted by Crippen LogP contribution is 2.16. The number of ether oxygens (including phenoxy) is 1. The Balaban J connectivity index is 3.97. The minimum atomic E-state index is -1.09. The Kier molecular flexibility index (Phi) is 7.19. The van der Waals surface area contributed by atoms with Gasteiger partial charge >= 0.3 is 17.9 Å². The molecule has 0 rings (SSSR count). The van der Waals surface area contributed by atoms with Crippen molar-refractivity contribution in [1.82, 2.24) is 5.32 Å². The summed E-state index contributed by atoms with van der Waals surface area (Å²) in [5, 5.41) is 11.5. The Labute approximate surface area is 107 Å². The van der Waals surface area contributed by atoms with Crippen molar-refractivity contribution in [3.05, 3.63) is 0 Å². The van der Waals surface area contributed by atoms with Crippen molar-refractivity contribution in [2.75, 3.05) is 7.05 Å². The fraction of sp³-hybridized carbons (Fsp3) is 0.750. The lowest BCUT2D eigenvalue weighted by Crippen LogP contribution is -2.39. The molecule has 104 valence electrons. The van der Waals surface area contributed by atoms with Gasteiger partial charge in [-0.05, 0) is 26.8 Å². The summed E-state index contributed by atoms with van der Waals surface area (Å²) in [5.41, 5.74) is -0.164. The molecule has 0 heterocycles. The standard InChI is InChI=1S/C12H21NO5/c1-4-12(2,13-3)8-7-11(17)18-10(16)6-5-9(14)15/h13H,4-8H2,1-3H3,(H,14,15). The number of esters is 2. The largest absolute Gasteiger partial charge is 0.481 e. The summed E-state index contributed by atoms with van der Waals surface area (Å²) in [6.45, 7) is 3.98. The summed E-state index contributed by atoms with van der Waals surface area (Å²) in [5.74, 6) is -2.49. The van der Waals surface area contributed by atoms with Crippen molar-refractivity contribution in [1.29, 1.82) is 0 Å². The summed E-state index contributed by atoms with van der Waals surface area (Å²) >= 11 is 0. The molecule has 1 atom stereocenters. The van der Waals surface area contributed by atoms with Gasteiger partial charge in [0, 0.05) is 12.0 Å². The number of hydrogen-bond acceptors (Lipinski definition) is 5. The van der Waals surface area contributed by atoms with E-state index in [1.54, 1.807) is 0 Å². The first kappa shape index (κ1) is 16.6. The van der Waals surface area contributed by atoms with Crippen LogP contribution in [0.25, 0.3) is 0 Å². The van der Waals surface area contributed by atoms with E-state index in [9.17, 15) is 14.4 Å². The molecule has 0 bridgehead atoms. The molecular formula is C12H21NO5. The number of aliphatic carboxylic acids is 1. The number of rotatable bonds is 8. The Hall–Kier alpha value is -1.43. The number of nitrogens with one attached hydrogen (secondary N) is 1. The van der Waals surface area contributed by atoms with Crippen LogP contribution in [0.1, 0.15) is 46.0 Å². The highest BCUT2D eigenvalue weighted by atomic mass is 16.6. The molecule has 0 saturated heterocycles. The number of carbonyl (C=O) groups is 3. The monoisotopic (exact) mass is 259 g/mol. The number of carbonyl (C=O) groups excluding carboxylic acids is 2. The van der Waals surface area contributed by atoms with Gasteiger partial charge in [0.2, 0.25) is 0 Å². The second-order valence-electron chi connectivity index (χ2n) is 4.40. The predicted molar refractivity (Wildman–Crippen MR) is 65.0 cm³/mol. The van der Waals surface area contributed by atoms with Crippen molar-refractivity contribution < 1.29 is 24.2 Å². The molecular weight excluding hydrogens is 238 g/mol. The number of hydrogen-bond donors (Lipinski definition) is 2. The quantitative estimate of drug-likeness (QED) is 0.500. The predicted octanol–water partition coefficient (Wildman–Crippen LogP) is 1.09. The topological polar surface area (TPSA) is 92.7 Å². The van der Waals surface area contributed by atoms with Gasteiger partial charge in [-0.15, -0.1) is 0 Å². The zero-order valence-electron chi connectivity index (χ0n) is 11.1. The van der Waals surface area contributed by atoms with Crippen LogP contribution in [0.3, 0.4) is 0 Å². The van der Waals surface area contributed by atoms with Crippen LogP contribution in [0.5, 0.6) is 0 Å². The second kappa shape index (κ2) is 7.81. The summed E-state index contributed by atoms with van der Waals surface area (Å²) in [6.07, 6.45) is 0.937. The maximum atomic E-state index is 11.4. The first-order valence-electron chi connectivity index (χ1n) is 5.97. The van der Waals surface area contributed by atoms with Crippen LogP contribution < -0.4 is 5.32 Å². The molecule has 0 saturated carbocycles. The lowest BCUT2D eigenvalue weighted by molar-refractivity contribution is -0.161. The Morgan fingerprint density at radius 2 is 1.72 bits per heavy atom. The van der Waals surface area contributed by atoms with Crippen molar-refractivity contribution >= 4 is 17.9 Å². The van der Waals surface area contributed by atoms with Crippen LogP contribution in [0, 0.1) is 0 Å². The molecule has 0 aliphatic carbocycles. The van der Waals surface area contributed by atoms with E-state index >= 15 is 0 Å². The number of carboxylic acids is 1. The van der Waals surface area contributed by atoms with Gasteiger partial charge in [0.25, 0.3) is 0 Å². The fourth-order valence-electron chi connectivity index (χ4n) is 1.29. The van der Waals surface area contributed by atoms with Crippen LogP contribution in [0.15, 0.2) is 0 Å². The minimum Gasteiger partial charge on any atom is -0.481 e. The molecule has 0 aromatic rings. The fourth-order valence-corrected chi connectivity index (χ4v) is 1.29. The Bertz CT molecular complexity index is 310. The minimum absolute atomic E-state index is 0.129. The van der Waals surface area contributed by atoms with Gasteiger partial charge in [0.1, 0.15) is 0 Å². The van der Waals surface area contributed by atoms with E-state index < -0.39 is 17.9 Å². The van der Waals surface area contributed by atoms with E-state index in [-0.39, 0.29) is 24.8 Å². The van der Waals surface area contributed by atoms with Crippen LogP contribution in [0.2, 0.25) is 0 Å². The zero-order valence-corrected chi connectivity index (χ0v) is 11.1. The van der Waals surface area contributed by atoms with Crippen LogP contribution in [-0.2, 0) is 19.1 Å². The second-order valence-corrected chi connectivity index (χ2v) is 4.40. The van der Waals surface area contributed by atoms with Crippen LogP contribution >= 0.6 is 0 Å². The summed E-state index contributed by atoms with van der Waals surface area (Å²) in [6, 6.07) is 0. The first-order valence-corrected chi connectivity index (χ1v) is 5.97. The average Bonchev–Trinajstić information content (AvgIpc) is 2.33. The average molecular weight is 259 g/mol. The van der Waals surface area contributed by atoms with Crippen molar-refractivity contribution in [2.24, 2.45) is 0 Å². The summed E-state index contributed by atoms with van der Waals surface area (Å²) < 4.78 is 4.52. The molecule has 0 aromatic carbocycles. The third kappa shape index (κ3) is 7.01. The van der Waals surface area contributed by atoms with Gasteiger partial charge in [-0.1, -0.05) is 6.92 Å². The van der Waals surface area contributed by atoms with Gasteiger partial charge in [-0.25, -0.2) is 0 Å². The van der Waals surface area contributed by atoms with Crippen LogP contribution in [-0.4, -0.2) is 35.6 Å². The summed E-state index contributed by atoms with van der Waals surface area (Å²) in [7, 11) is 1.81. The molecule has 2 N–H and O–H groups in total. The Morgan fingerprint density at radius 1 is 1.17 bits per heavy atom. The normalized spacial score (nSPS) is 13.7. The molecule has 0 aliphatic rings. The molecule has 0 aromatic heterocycles. The van der Waals surface area contributed by atoms with Gasteiger partial charge in [0.05, 0.1) is 12.8 Å². The molecule has 0 aliphatic heterocycles. The zero-order chi connectivity index (χ0) is 14.2. The highest BCUT2D eigenvalue weighted by molar-refractivity contribution is 5.87. The smallest absolute Gasteiger partial charge is 0.314 e.